The molecular weight excluding hydrogens is 423 g/mol. The summed E-state index contributed by atoms with van der Waals surface area (Å²) in [5, 5.41) is 6.68. The second-order valence-corrected chi connectivity index (χ2v) is 7.62. The first-order chi connectivity index (χ1) is 15.2. The molecule has 1 heterocycles. The number of hydrogen-bond donors (Lipinski definition) is 1. The molecule has 170 valence electrons. The fraction of sp³-hybridized carbons (Fsp3) is 0.348. The van der Waals surface area contributed by atoms with Gasteiger partial charge in [0.25, 0.3) is 0 Å². The lowest BCUT2D eigenvalue weighted by Gasteiger charge is -2.10. The van der Waals surface area contributed by atoms with Gasteiger partial charge in [0.05, 0.1) is 0 Å². The highest BCUT2D eigenvalue weighted by molar-refractivity contribution is 5.76. The third-order valence-corrected chi connectivity index (χ3v) is 4.66. The lowest BCUT2D eigenvalue weighted by Crippen LogP contribution is -2.23. The van der Waals surface area contributed by atoms with Crippen molar-refractivity contribution >= 4 is 5.91 Å². The van der Waals surface area contributed by atoms with Crippen LogP contribution in [0.25, 0.3) is 11.4 Å². The fourth-order valence-electron chi connectivity index (χ4n) is 2.91. The highest BCUT2D eigenvalue weighted by Gasteiger charge is 2.28. The summed E-state index contributed by atoms with van der Waals surface area (Å²) in [4.78, 5) is 16.5. The van der Waals surface area contributed by atoms with Crippen molar-refractivity contribution in [2.24, 2.45) is 0 Å². The van der Waals surface area contributed by atoms with Crippen LogP contribution in [-0.2, 0) is 17.8 Å². The van der Waals surface area contributed by atoms with E-state index in [1.165, 1.54) is 17.7 Å². The van der Waals surface area contributed by atoms with Crippen LogP contribution in [0.5, 0.6) is 5.75 Å². The number of aromatic nitrogens is 2. The van der Waals surface area contributed by atoms with Gasteiger partial charge in [0.1, 0.15) is 5.75 Å². The molecule has 0 saturated carbocycles. The van der Waals surface area contributed by atoms with E-state index in [1.54, 1.807) is 12.1 Å². The number of carbonyl (C=O) groups is 1. The molecule has 1 N–H and O–H groups in total. The molecule has 1 amide bonds. The Bertz CT molecular complexity index is 1030. The first-order valence-corrected chi connectivity index (χ1v) is 10.2. The van der Waals surface area contributed by atoms with E-state index in [9.17, 15) is 18.0 Å². The maximum Gasteiger partial charge on any atom is 0.422 e. The summed E-state index contributed by atoms with van der Waals surface area (Å²) in [7, 11) is 0. The van der Waals surface area contributed by atoms with E-state index < -0.39 is 12.8 Å². The summed E-state index contributed by atoms with van der Waals surface area (Å²) >= 11 is 0. The lowest BCUT2D eigenvalue weighted by molar-refractivity contribution is -0.153. The topological polar surface area (TPSA) is 77.2 Å². The molecule has 0 aliphatic heterocycles. The Balaban J connectivity index is 1.46. The molecule has 0 fully saturated rings. The third-order valence-electron chi connectivity index (χ3n) is 4.66. The van der Waals surface area contributed by atoms with Crippen molar-refractivity contribution in [1.29, 1.82) is 0 Å². The van der Waals surface area contributed by atoms with Crippen molar-refractivity contribution < 1.29 is 27.2 Å². The number of aryl methyl sites for hydroxylation is 1. The zero-order valence-electron chi connectivity index (χ0n) is 17.8. The van der Waals surface area contributed by atoms with Crippen molar-refractivity contribution in [3.8, 4) is 17.1 Å². The molecule has 3 rings (SSSR count). The molecule has 1 aromatic heterocycles. The second-order valence-electron chi connectivity index (χ2n) is 7.62. The number of ether oxygens (including phenoxy) is 1. The second kappa shape index (κ2) is 10.3. The SMILES string of the molecule is CC(C)c1ccc(-c2noc(CCC(=O)NCc3cccc(OCC(F)(F)F)c3)n2)cc1. The molecule has 0 unspecified atom stereocenters. The molecule has 0 spiro atoms. The van der Waals surface area contributed by atoms with Gasteiger partial charge >= 0.3 is 6.18 Å². The van der Waals surface area contributed by atoms with Crippen molar-refractivity contribution in [1.82, 2.24) is 15.5 Å². The zero-order valence-corrected chi connectivity index (χ0v) is 17.8. The van der Waals surface area contributed by atoms with E-state index in [0.29, 0.717) is 23.2 Å². The number of alkyl halides is 3. The first-order valence-electron chi connectivity index (χ1n) is 10.2. The Kier molecular flexibility index (Phi) is 7.50. The molecule has 0 radical (unpaired) electrons. The van der Waals surface area contributed by atoms with Gasteiger partial charge in [0, 0.05) is 24.9 Å². The van der Waals surface area contributed by atoms with Gasteiger partial charge in [-0.3, -0.25) is 4.79 Å². The third kappa shape index (κ3) is 7.11. The normalized spacial score (nSPS) is 11.6. The zero-order chi connectivity index (χ0) is 23.1. The summed E-state index contributed by atoms with van der Waals surface area (Å²) in [5.74, 6) is 1.09. The van der Waals surface area contributed by atoms with Gasteiger partial charge in [-0.2, -0.15) is 18.2 Å². The average molecular weight is 447 g/mol. The van der Waals surface area contributed by atoms with Crippen LogP contribution in [0, 0.1) is 0 Å². The minimum atomic E-state index is -4.41. The van der Waals surface area contributed by atoms with Crippen molar-refractivity contribution in [3.05, 3.63) is 65.5 Å². The number of nitrogens with zero attached hydrogens (tertiary/aromatic N) is 2. The van der Waals surface area contributed by atoms with E-state index >= 15 is 0 Å². The summed E-state index contributed by atoms with van der Waals surface area (Å²) in [6, 6.07) is 14.1. The predicted octanol–water partition coefficient (Wildman–Crippen LogP) is 5.05. The molecule has 0 atom stereocenters. The number of benzene rings is 2. The van der Waals surface area contributed by atoms with Crippen LogP contribution in [-0.4, -0.2) is 28.8 Å². The van der Waals surface area contributed by atoms with Crippen LogP contribution in [0.3, 0.4) is 0 Å². The van der Waals surface area contributed by atoms with Crippen LogP contribution < -0.4 is 10.1 Å². The molecule has 0 aliphatic carbocycles. The quantitative estimate of drug-likeness (QED) is 0.497. The van der Waals surface area contributed by atoms with Crippen LogP contribution in [0.4, 0.5) is 13.2 Å². The standard InChI is InChI=1S/C23H24F3N3O3/c1-15(2)17-6-8-18(9-7-17)22-28-21(32-29-22)11-10-20(30)27-13-16-4-3-5-19(12-16)31-14-23(24,25)26/h3-9,12,15H,10-11,13-14H2,1-2H3,(H,27,30). The average Bonchev–Trinajstić information content (AvgIpc) is 3.24. The number of amides is 1. The van der Waals surface area contributed by atoms with Crippen LogP contribution >= 0.6 is 0 Å². The van der Waals surface area contributed by atoms with Gasteiger partial charge in [-0.15, -0.1) is 0 Å². The van der Waals surface area contributed by atoms with E-state index in [1.807, 2.05) is 24.3 Å². The Labute approximate surface area is 183 Å². The smallest absolute Gasteiger partial charge is 0.422 e. The molecule has 32 heavy (non-hydrogen) atoms. The summed E-state index contributed by atoms with van der Waals surface area (Å²) in [6.07, 6.45) is -3.99. The van der Waals surface area contributed by atoms with Gasteiger partial charge < -0.3 is 14.6 Å². The number of hydrogen-bond acceptors (Lipinski definition) is 5. The van der Waals surface area contributed by atoms with Crippen LogP contribution in [0.1, 0.15) is 43.2 Å². The fourth-order valence-corrected chi connectivity index (χ4v) is 2.91. The highest BCUT2D eigenvalue weighted by Crippen LogP contribution is 2.21. The van der Waals surface area contributed by atoms with Gasteiger partial charge in [-0.25, -0.2) is 0 Å². The summed E-state index contributed by atoms with van der Waals surface area (Å²) < 4.78 is 46.7. The Morgan fingerprint density at radius 1 is 1.16 bits per heavy atom. The summed E-state index contributed by atoms with van der Waals surface area (Å²) in [5.41, 5.74) is 2.68. The minimum Gasteiger partial charge on any atom is -0.484 e. The Hall–Kier alpha value is -3.36. The van der Waals surface area contributed by atoms with Crippen molar-refractivity contribution in [3.63, 3.8) is 0 Å². The van der Waals surface area contributed by atoms with E-state index in [4.69, 9.17) is 9.26 Å². The van der Waals surface area contributed by atoms with Crippen molar-refractivity contribution in [2.45, 2.75) is 45.3 Å². The maximum atomic E-state index is 12.3. The Morgan fingerprint density at radius 3 is 2.59 bits per heavy atom. The monoisotopic (exact) mass is 447 g/mol. The van der Waals surface area contributed by atoms with E-state index in [-0.39, 0.29) is 31.0 Å². The summed E-state index contributed by atoms with van der Waals surface area (Å²) in [6.45, 7) is 3.03. The van der Waals surface area contributed by atoms with Gasteiger partial charge in [0.2, 0.25) is 17.6 Å². The molecule has 0 aliphatic rings. The molecule has 2 aromatic carbocycles. The molecular formula is C23H24F3N3O3. The predicted molar refractivity (Wildman–Crippen MR) is 112 cm³/mol. The molecule has 0 bridgehead atoms. The molecule has 3 aromatic rings. The van der Waals surface area contributed by atoms with Gasteiger partial charge in [-0.1, -0.05) is 55.4 Å². The van der Waals surface area contributed by atoms with Crippen LogP contribution in [0.15, 0.2) is 53.1 Å². The lowest BCUT2D eigenvalue weighted by atomic mass is 10.0. The number of nitrogens with one attached hydrogen (secondary N) is 1. The highest BCUT2D eigenvalue weighted by atomic mass is 19.4. The first kappa shape index (κ1) is 23.3. The Morgan fingerprint density at radius 2 is 1.91 bits per heavy atom. The van der Waals surface area contributed by atoms with Crippen LogP contribution in [0.2, 0.25) is 0 Å². The largest absolute Gasteiger partial charge is 0.484 e. The van der Waals surface area contributed by atoms with Gasteiger partial charge in [-0.05, 0) is 29.2 Å². The maximum absolute atomic E-state index is 12.3. The number of carbonyl (C=O) groups excluding carboxylic acids is 1. The van der Waals surface area contributed by atoms with Crippen molar-refractivity contribution in [2.75, 3.05) is 6.61 Å². The van der Waals surface area contributed by atoms with E-state index in [0.717, 1.165) is 5.56 Å². The number of halogens is 3. The molecule has 6 nitrogen and oxygen atoms in total. The molecule has 9 heteroatoms. The van der Waals surface area contributed by atoms with E-state index in [2.05, 4.69) is 29.3 Å². The van der Waals surface area contributed by atoms with Gasteiger partial charge in [0.15, 0.2) is 6.61 Å². The number of rotatable bonds is 9. The molecule has 0 saturated heterocycles. The minimum absolute atomic E-state index is 0.0916.